The first-order chi connectivity index (χ1) is 13.1. The molecule has 0 unspecified atom stereocenters. The zero-order chi connectivity index (χ0) is 18.9. The molecule has 6 nitrogen and oxygen atoms in total. The SMILES string of the molecule is CCOc1ccc(OCCN2C(=O)N[C@]3(CCc4ccccc43)C2=O)cc1. The second-order valence-electron chi connectivity index (χ2n) is 6.70. The van der Waals surface area contributed by atoms with Crippen molar-refractivity contribution < 1.29 is 19.1 Å². The van der Waals surface area contributed by atoms with E-state index in [0.717, 1.165) is 23.3 Å². The van der Waals surface area contributed by atoms with Crippen molar-refractivity contribution in [2.75, 3.05) is 19.8 Å². The van der Waals surface area contributed by atoms with Gasteiger partial charge in [-0.15, -0.1) is 0 Å². The molecule has 0 saturated carbocycles. The number of rotatable bonds is 6. The standard InChI is InChI=1S/C21H22N2O4/c1-2-26-16-7-9-17(10-8-16)27-14-13-23-19(24)21(22-20(23)25)12-11-15-5-3-4-6-18(15)21/h3-10H,2,11-14H2,1H3,(H,22,25)/t21-/m0/s1. The lowest BCUT2D eigenvalue weighted by Gasteiger charge is -2.22. The Hall–Kier alpha value is -3.02. The molecule has 27 heavy (non-hydrogen) atoms. The Balaban J connectivity index is 1.40. The van der Waals surface area contributed by atoms with Gasteiger partial charge in [0.15, 0.2) is 0 Å². The molecular formula is C21H22N2O4. The summed E-state index contributed by atoms with van der Waals surface area (Å²) in [6.45, 7) is 2.99. The predicted octanol–water partition coefficient (Wildman–Crippen LogP) is 2.86. The fraction of sp³-hybridized carbons (Fsp3) is 0.333. The Bertz CT molecular complexity index is 865. The van der Waals surface area contributed by atoms with Gasteiger partial charge in [-0.25, -0.2) is 4.79 Å². The minimum absolute atomic E-state index is 0.187. The number of nitrogens with one attached hydrogen (secondary N) is 1. The molecule has 4 rings (SSSR count). The molecule has 2 aliphatic rings. The monoisotopic (exact) mass is 366 g/mol. The van der Waals surface area contributed by atoms with Crippen LogP contribution in [-0.2, 0) is 16.8 Å². The van der Waals surface area contributed by atoms with E-state index in [4.69, 9.17) is 9.47 Å². The number of imide groups is 1. The third kappa shape index (κ3) is 3.01. The van der Waals surface area contributed by atoms with E-state index in [1.807, 2.05) is 55.5 Å². The smallest absolute Gasteiger partial charge is 0.325 e. The van der Waals surface area contributed by atoms with Crippen LogP contribution in [0.1, 0.15) is 24.5 Å². The van der Waals surface area contributed by atoms with Gasteiger partial charge in [-0.05, 0) is 55.2 Å². The summed E-state index contributed by atoms with van der Waals surface area (Å²) in [7, 11) is 0. The molecule has 2 aromatic carbocycles. The summed E-state index contributed by atoms with van der Waals surface area (Å²) in [5.74, 6) is 1.26. The highest BCUT2D eigenvalue weighted by molar-refractivity contribution is 6.08. The maximum absolute atomic E-state index is 13.0. The van der Waals surface area contributed by atoms with Gasteiger partial charge < -0.3 is 14.8 Å². The van der Waals surface area contributed by atoms with E-state index in [2.05, 4.69) is 5.32 Å². The van der Waals surface area contributed by atoms with Crippen molar-refractivity contribution in [2.24, 2.45) is 0 Å². The number of amides is 3. The number of aryl methyl sites for hydroxylation is 1. The summed E-state index contributed by atoms with van der Waals surface area (Å²) in [6.07, 6.45) is 1.39. The van der Waals surface area contributed by atoms with E-state index in [0.29, 0.717) is 18.8 Å². The first kappa shape index (κ1) is 17.4. The number of fused-ring (bicyclic) bond motifs is 2. The predicted molar refractivity (Wildman–Crippen MR) is 99.8 cm³/mol. The van der Waals surface area contributed by atoms with E-state index in [1.54, 1.807) is 0 Å². The van der Waals surface area contributed by atoms with Gasteiger partial charge in [-0.2, -0.15) is 0 Å². The quantitative estimate of drug-likeness (QED) is 0.799. The van der Waals surface area contributed by atoms with Gasteiger partial charge >= 0.3 is 6.03 Å². The molecule has 1 aliphatic heterocycles. The molecule has 140 valence electrons. The number of hydrogen-bond donors (Lipinski definition) is 1. The molecular weight excluding hydrogens is 344 g/mol. The number of nitrogens with zero attached hydrogens (tertiary/aromatic N) is 1. The molecule has 0 radical (unpaired) electrons. The van der Waals surface area contributed by atoms with Crippen LogP contribution in [0.4, 0.5) is 4.79 Å². The highest BCUT2D eigenvalue weighted by atomic mass is 16.5. The van der Waals surface area contributed by atoms with E-state index in [1.165, 1.54) is 4.90 Å². The average molecular weight is 366 g/mol. The summed E-state index contributed by atoms with van der Waals surface area (Å²) in [6, 6.07) is 14.7. The minimum Gasteiger partial charge on any atom is -0.494 e. The normalized spacial score (nSPS) is 20.7. The molecule has 2 aromatic rings. The van der Waals surface area contributed by atoms with Crippen LogP contribution in [0, 0.1) is 0 Å². The first-order valence-electron chi connectivity index (χ1n) is 9.22. The second-order valence-corrected chi connectivity index (χ2v) is 6.70. The lowest BCUT2D eigenvalue weighted by Crippen LogP contribution is -2.42. The van der Waals surface area contributed by atoms with Gasteiger partial charge in [0.2, 0.25) is 0 Å². The summed E-state index contributed by atoms with van der Waals surface area (Å²) < 4.78 is 11.1. The van der Waals surface area contributed by atoms with Crippen LogP contribution < -0.4 is 14.8 Å². The van der Waals surface area contributed by atoms with Crippen LogP contribution in [0.15, 0.2) is 48.5 Å². The van der Waals surface area contributed by atoms with Crippen LogP contribution in [-0.4, -0.2) is 36.6 Å². The van der Waals surface area contributed by atoms with E-state index in [-0.39, 0.29) is 25.1 Å². The van der Waals surface area contributed by atoms with Gasteiger partial charge in [0.25, 0.3) is 5.91 Å². The zero-order valence-electron chi connectivity index (χ0n) is 15.2. The zero-order valence-corrected chi connectivity index (χ0v) is 15.2. The third-order valence-corrected chi connectivity index (χ3v) is 5.14. The Morgan fingerprint density at radius 2 is 1.74 bits per heavy atom. The van der Waals surface area contributed by atoms with Crippen LogP contribution >= 0.6 is 0 Å². The van der Waals surface area contributed by atoms with E-state index < -0.39 is 5.54 Å². The number of carbonyl (C=O) groups excluding carboxylic acids is 2. The number of hydrogen-bond acceptors (Lipinski definition) is 4. The molecule has 1 aliphatic carbocycles. The topological polar surface area (TPSA) is 67.9 Å². The Labute approximate surface area is 158 Å². The molecule has 1 N–H and O–H groups in total. The van der Waals surface area contributed by atoms with E-state index in [9.17, 15) is 9.59 Å². The van der Waals surface area contributed by atoms with Gasteiger partial charge in [0.05, 0.1) is 13.2 Å². The van der Waals surface area contributed by atoms with Crippen molar-refractivity contribution in [3.63, 3.8) is 0 Å². The third-order valence-electron chi connectivity index (χ3n) is 5.14. The number of urea groups is 1. The molecule has 1 saturated heterocycles. The summed E-state index contributed by atoms with van der Waals surface area (Å²) >= 11 is 0. The summed E-state index contributed by atoms with van der Waals surface area (Å²) in [4.78, 5) is 26.7. The van der Waals surface area contributed by atoms with Crippen LogP contribution in [0.3, 0.4) is 0 Å². The lowest BCUT2D eigenvalue weighted by atomic mass is 9.92. The average Bonchev–Trinajstić information content (AvgIpc) is 3.17. The fourth-order valence-electron chi connectivity index (χ4n) is 3.85. The van der Waals surface area contributed by atoms with Crippen molar-refractivity contribution in [2.45, 2.75) is 25.3 Å². The first-order valence-corrected chi connectivity index (χ1v) is 9.22. The molecule has 6 heteroatoms. The Morgan fingerprint density at radius 1 is 1.04 bits per heavy atom. The largest absolute Gasteiger partial charge is 0.494 e. The Morgan fingerprint density at radius 3 is 2.48 bits per heavy atom. The molecule has 1 heterocycles. The Kier molecular flexibility index (Phi) is 4.48. The summed E-state index contributed by atoms with van der Waals surface area (Å²) in [5, 5.41) is 2.92. The van der Waals surface area contributed by atoms with E-state index >= 15 is 0 Å². The molecule has 1 spiro atoms. The minimum atomic E-state index is -0.910. The van der Waals surface area contributed by atoms with Crippen molar-refractivity contribution in [3.05, 3.63) is 59.7 Å². The van der Waals surface area contributed by atoms with Crippen molar-refractivity contribution in [1.82, 2.24) is 10.2 Å². The van der Waals surface area contributed by atoms with Crippen LogP contribution in [0.5, 0.6) is 11.5 Å². The number of benzene rings is 2. The molecule has 1 atom stereocenters. The maximum atomic E-state index is 13.0. The number of ether oxygens (including phenoxy) is 2. The van der Waals surface area contributed by atoms with Gasteiger partial charge in [0, 0.05) is 0 Å². The number of carbonyl (C=O) groups is 2. The van der Waals surface area contributed by atoms with Crippen molar-refractivity contribution in [3.8, 4) is 11.5 Å². The highest BCUT2D eigenvalue weighted by Crippen LogP contribution is 2.41. The molecule has 3 amide bonds. The van der Waals surface area contributed by atoms with Gasteiger partial charge in [-0.3, -0.25) is 9.69 Å². The van der Waals surface area contributed by atoms with Crippen LogP contribution in [0.25, 0.3) is 0 Å². The maximum Gasteiger partial charge on any atom is 0.325 e. The molecule has 0 bridgehead atoms. The van der Waals surface area contributed by atoms with Gasteiger partial charge in [0.1, 0.15) is 23.6 Å². The van der Waals surface area contributed by atoms with Crippen molar-refractivity contribution in [1.29, 1.82) is 0 Å². The highest BCUT2D eigenvalue weighted by Gasteiger charge is 2.54. The van der Waals surface area contributed by atoms with Crippen LogP contribution in [0.2, 0.25) is 0 Å². The van der Waals surface area contributed by atoms with Crippen molar-refractivity contribution >= 4 is 11.9 Å². The lowest BCUT2D eigenvalue weighted by molar-refractivity contribution is -0.131. The summed E-state index contributed by atoms with van der Waals surface area (Å²) in [5.41, 5.74) is 1.13. The molecule has 0 aromatic heterocycles. The fourth-order valence-corrected chi connectivity index (χ4v) is 3.85. The molecule has 1 fully saturated rings. The second kappa shape index (κ2) is 6.95. The van der Waals surface area contributed by atoms with Gasteiger partial charge in [-0.1, -0.05) is 24.3 Å².